The lowest BCUT2D eigenvalue weighted by atomic mass is 10.2. The molecule has 2 aromatic carbocycles. The average Bonchev–Trinajstić information content (AvgIpc) is 2.53. The van der Waals surface area contributed by atoms with Gasteiger partial charge in [-0.3, -0.25) is 10.1 Å². The number of rotatable bonds is 4. The molecule has 0 aliphatic carbocycles. The molecule has 0 N–H and O–H groups in total. The molecule has 0 fully saturated rings. The fourth-order valence-electron chi connectivity index (χ4n) is 1.64. The van der Waals surface area contributed by atoms with Crippen LogP contribution >= 0.6 is 0 Å². The zero-order chi connectivity index (χ0) is 15.9. The standard InChI is InChI=1S/C15H11NO6/c17-14(10-11-4-2-1-3-5-11)21-22-15(18)12-6-8-13(9-7-12)16(19)20/h1-9H,10H2. The Balaban J connectivity index is 1.87. The fraction of sp³-hybridized carbons (Fsp3) is 0.0667. The van der Waals surface area contributed by atoms with E-state index in [1.807, 2.05) is 6.07 Å². The summed E-state index contributed by atoms with van der Waals surface area (Å²) in [6.45, 7) is 0. The molecule has 22 heavy (non-hydrogen) atoms. The SMILES string of the molecule is O=C(Cc1ccccc1)OOC(=O)c1ccc([N+](=O)[O-])cc1. The molecule has 2 rings (SSSR count). The van der Waals surface area contributed by atoms with Crippen LogP contribution < -0.4 is 0 Å². The van der Waals surface area contributed by atoms with Gasteiger partial charge in [0.1, 0.15) is 0 Å². The minimum atomic E-state index is -0.906. The molecule has 2 aromatic rings. The molecule has 0 bridgehead atoms. The summed E-state index contributed by atoms with van der Waals surface area (Å²) in [5.74, 6) is -1.63. The molecule has 0 aliphatic rings. The van der Waals surface area contributed by atoms with Gasteiger partial charge in [0.15, 0.2) is 0 Å². The van der Waals surface area contributed by atoms with Crippen molar-refractivity contribution in [2.75, 3.05) is 0 Å². The molecule has 0 amide bonds. The van der Waals surface area contributed by atoms with Crippen molar-refractivity contribution in [3.05, 3.63) is 75.8 Å². The van der Waals surface area contributed by atoms with Crippen molar-refractivity contribution in [1.29, 1.82) is 0 Å². The Morgan fingerprint density at radius 3 is 2.18 bits per heavy atom. The van der Waals surface area contributed by atoms with Crippen LogP contribution in [0.3, 0.4) is 0 Å². The van der Waals surface area contributed by atoms with Gasteiger partial charge >= 0.3 is 11.9 Å². The zero-order valence-electron chi connectivity index (χ0n) is 11.3. The first-order valence-electron chi connectivity index (χ1n) is 6.26. The summed E-state index contributed by atoms with van der Waals surface area (Å²) in [5.41, 5.74) is 0.606. The third kappa shape index (κ3) is 4.14. The number of carbonyl (C=O) groups is 2. The predicted octanol–water partition coefficient (Wildman–Crippen LogP) is 2.45. The third-order valence-electron chi connectivity index (χ3n) is 2.72. The first-order chi connectivity index (χ1) is 10.6. The topological polar surface area (TPSA) is 95.7 Å². The van der Waals surface area contributed by atoms with Crippen molar-refractivity contribution in [2.45, 2.75) is 6.42 Å². The van der Waals surface area contributed by atoms with E-state index in [-0.39, 0.29) is 17.7 Å². The maximum atomic E-state index is 11.6. The molecule has 0 aliphatic heterocycles. The van der Waals surface area contributed by atoms with Gasteiger partial charge in [-0.15, -0.1) is 0 Å². The first kappa shape index (κ1) is 15.2. The monoisotopic (exact) mass is 301 g/mol. The Hall–Kier alpha value is -3.22. The maximum absolute atomic E-state index is 11.6. The van der Waals surface area contributed by atoms with Gasteiger partial charge in [0.2, 0.25) is 0 Å². The van der Waals surface area contributed by atoms with Gasteiger partial charge in [0.05, 0.1) is 16.9 Å². The molecular formula is C15H11NO6. The van der Waals surface area contributed by atoms with Crippen molar-refractivity contribution < 1.29 is 24.3 Å². The Morgan fingerprint density at radius 1 is 0.955 bits per heavy atom. The fourth-order valence-corrected chi connectivity index (χ4v) is 1.64. The van der Waals surface area contributed by atoms with Crippen LogP contribution in [0.25, 0.3) is 0 Å². The highest BCUT2D eigenvalue weighted by molar-refractivity contribution is 5.89. The van der Waals surface area contributed by atoms with Gasteiger partial charge in [0, 0.05) is 12.1 Å². The number of hydrogen-bond donors (Lipinski definition) is 0. The molecule has 7 nitrogen and oxygen atoms in total. The second kappa shape index (κ2) is 6.98. The number of nitrogens with zero attached hydrogens (tertiary/aromatic N) is 1. The summed E-state index contributed by atoms with van der Waals surface area (Å²) < 4.78 is 0. The lowest BCUT2D eigenvalue weighted by Crippen LogP contribution is -2.13. The summed E-state index contributed by atoms with van der Waals surface area (Å²) in [7, 11) is 0. The van der Waals surface area contributed by atoms with Crippen molar-refractivity contribution in [2.24, 2.45) is 0 Å². The maximum Gasteiger partial charge on any atom is 0.386 e. The lowest BCUT2D eigenvalue weighted by Gasteiger charge is -2.03. The van der Waals surface area contributed by atoms with Gasteiger partial charge < -0.3 is 0 Å². The second-order valence-electron chi connectivity index (χ2n) is 4.29. The average molecular weight is 301 g/mol. The Bertz CT molecular complexity index is 681. The lowest BCUT2D eigenvalue weighted by molar-refractivity contribution is -0.384. The molecule has 0 unspecified atom stereocenters. The predicted molar refractivity (Wildman–Crippen MR) is 74.7 cm³/mol. The molecule has 0 atom stereocenters. The zero-order valence-corrected chi connectivity index (χ0v) is 11.3. The number of hydrogen-bond acceptors (Lipinski definition) is 6. The van der Waals surface area contributed by atoms with Crippen LogP contribution in [0.5, 0.6) is 0 Å². The Morgan fingerprint density at radius 2 is 1.59 bits per heavy atom. The number of benzene rings is 2. The summed E-state index contributed by atoms with van der Waals surface area (Å²) in [4.78, 5) is 41.8. The molecule has 7 heteroatoms. The van der Waals surface area contributed by atoms with E-state index in [2.05, 4.69) is 9.78 Å². The Labute approximate surface area is 125 Å². The number of non-ortho nitro benzene ring substituents is 1. The minimum absolute atomic E-state index is 0.0334. The summed E-state index contributed by atoms with van der Waals surface area (Å²) >= 11 is 0. The van der Waals surface area contributed by atoms with Crippen LogP contribution in [0, 0.1) is 10.1 Å². The summed E-state index contributed by atoms with van der Waals surface area (Å²) in [6.07, 6.45) is -0.0334. The quantitative estimate of drug-likeness (QED) is 0.489. The van der Waals surface area contributed by atoms with Crippen molar-refractivity contribution in [3.8, 4) is 0 Å². The van der Waals surface area contributed by atoms with Crippen molar-refractivity contribution in [3.63, 3.8) is 0 Å². The van der Waals surface area contributed by atoms with E-state index in [0.29, 0.717) is 0 Å². The van der Waals surface area contributed by atoms with E-state index >= 15 is 0 Å². The molecule has 0 spiro atoms. The van der Waals surface area contributed by atoms with Crippen LogP contribution in [-0.2, 0) is 21.0 Å². The molecule has 0 radical (unpaired) electrons. The summed E-state index contributed by atoms with van der Waals surface area (Å²) in [5, 5.41) is 10.5. The van der Waals surface area contributed by atoms with Gasteiger partial charge in [-0.1, -0.05) is 30.3 Å². The van der Waals surface area contributed by atoms with Gasteiger partial charge in [-0.05, 0) is 17.7 Å². The molecule has 0 heterocycles. The van der Waals surface area contributed by atoms with Gasteiger partial charge in [-0.25, -0.2) is 19.4 Å². The number of nitro benzene ring substituents is 1. The van der Waals surface area contributed by atoms with Crippen LogP contribution in [0.1, 0.15) is 15.9 Å². The van der Waals surface area contributed by atoms with Crippen molar-refractivity contribution >= 4 is 17.6 Å². The highest BCUT2D eigenvalue weighted by Gasteiger charge is 2.14. The molecule has 0 saturated heterocycles. The van der Waals surface area contributed by atoms with Crippen LogP contribution in [0.15, 0.2) is 54.6 Å². The second-order valence-corrected chi connectivity index (χ2v) is 4.29. The smallest absolute Gasteiger partial charge is 0.258 e. The highest BCUT2D eigenvalue weighted by Crippen LogP contribution is 2.13. The molecule has 0 saturated carbocycles. The van der Waals surface area contributed by atoms with Crippen LogP contribution in [-0.4, -0.2) is 16.9 Å². The van der Waals surface area contributed by atoms with E-state index < -0.39 is 16.9 Å². The Kier molecular flexibility index (Phi) is 4.81. The van der Waals surface area contributed by atoms with Crippen LogP contribution in [0.4, 0.5) is 5.69 Å². The largest absolute Gasteiger partial charge is 0.386 e. The molecular weight excluding hydrogens is 290 g/mol. The number of nitro groups is 1. The van der Waals surface area contributed by atoms with Crippen LogP contribution in [0.2, 0.25) is 0 Å². The minimum Gasteiger partial charge on any atom is -0.258 e. The van der Waals surface area contributed by atoms with E-state index in [0.717, 1.165) is 17.7 Å². The van der Waals surface area contributed by atoms with Gasteiger partial charge in [0.25, 0.3) is 5.69 Å². The molecule has 0 aromatic heterocycles. The molecule has 112 valence electrons. The summed E-state index contributed by atoms with van der Waals surface area (Å²) in [6, 6.07) is 13.6. The highest BCUT2D eigenvalue weighted by atomic mass is 17.2. The number of carbonyl (C=O) groups excluding carboxylic acids is 2. The van der Waals surface area contributed by atoms with E-state index in [9.17, 15) is 19.7 Å². The normalized spacial score (nSPS) is 9.82. The van der Waals surface area contributed by atoms with E-state index in [4.69, 9.17) is 0 Å². The van der Waals surface area contributed by atoms with Crippen molar-refractivity contribution in [1.82, 2.24) is 0 Å². The van der Waals surface area contributed by atoms with E-state index in [1.165, 1.54) is 12.1 Å². The first-order valence-corrected chi connectivity index (χ1v) is 6.26. The third-order valence-corrected chi connectivity index (χ3v) is 2.72. The van der Waals surface area contributed by atoms with Gasteiger partial charge in [-0.2, -0.15) is 0 Å². The van der Waals surface area contributed by atoms with E-state index in [1.54, 1.807) is 24.3 Å².